The highest BCUT2D eigenvalue weighted by molar-refractivity contribution is 7.12. The molecule has 0 atom stereocenters. The average molecular weight is 413 g/mol. The van der Waals surface area contributed by atoms with E-state index in [4.69, 9.17) is 11.6 Å². The number of alkyl halides is 1. The number of anilines is 1. The molecular formula is C20H14ClFN4OS. The van der Waals surface area contributed by atoms with Crippen LogP contribution in [-0.4, -0.2) is 26.6 Å². The summed E-state index contributed by atoms with van der Waals surface area (Å²) >= 11 is 7.01. The molecule has 0 radical (unpaired) electrons. The summed E-state index contributed by atoms with van der Waals surface area (Å²) in [5.74, 6) is -0.322. The molecular weight excluding hydrogens is 399 g/mol. The lowest BCUT2D eigenvalue weighted by atomic mass is 10.2. The zero-order valence-corrected chi connectivity index (χ0v) is 16.0. The van der Waals surface area contributed by atoms with Gasteiger partial charge >= 0.3 is 0 Å². The summed E-state index contributed by atoms with van der Waals surface area (Å²) in [6.07, 6.45) is 0. The molecule has 0 spiro atoms. The molecule has 4 aromatic rings. The van der Waals surface area contributed by atoms with Gasteiger partial charge in [-0.2, -0.15) is 9.78 Å². The largest absolute Gasteiger partial charge is 0.309 e. The van der Waals surface area contributed by atoms with Crippen LogP contribution in [0.1, 0.15) is 0 Å². The Bertz CT molecular complexity index is 1110. The number of rotatable bonds is 5. The van der Waals surface area contributed by atoms with E-state index < -0.39 is 0 Å². The number of aromatic nitrogens is 3. The fourth-order valence-electron chi connectivity index (χ4n) is 2.66. The number of carbonyl (C=O) groups excluding carboxylic acids is 1. The average Bonchev–Trinajstić information content (AvgIpc) is 3.36. The number of benzene rings is 2. The van der Waals surface area contributed by atoms with Gasteiger partial charge in [-0.3, -0.25) is 4.79 Å². The van der Waals surface area contributed by atoms with Crippen molar-refractivity contribution in [3.8, 4) is 27.6 Å². The van der Waals surface area contributed by atoms with E-state index in [-0.39, 0.29) is 17.6 Å². The predicted octanol–water partition coefficient (Wildman–Crippen LogP) is 4.98. The minimum atomic E-state index is -0.335. The van der Waals surface area contributed by atoms with Crippen molar-refractivity contribution in [2.45, 2.75) is 0 Å². The first kappa shape index (κ1) is 18.3. The Kier molecular flexibility index (Phi) is 5.18. The van der Waals surface area contributed by atoms with Crippen LogP contribution in [0.3, 0.4) is 0 Å². The second-order valence-electron chi connectivity index (χ2n) is 5.90. The molecule has 1 N–H and O–H groups in total. The molecule has 0 saturated heterocycles. The third kappa shape index (κ3) is 3.81. The van der Waals surface area contributed by atoms with Crippen molar-refractivity contribution in [2.24, 2.45) is 0 Å². The maximum atomic E-state index is 13.2. The van der Waals surface area contributed by atoms with E-state index >= 15 is 0 Å². The predicted molar refractivity (Wildman–Crippen MR) is 109 cm³/mol. The third-order valence-corrected chi connectivity index (χ3v) is 5.04. The van der Waals surface area contributed by atoms with E-state index in [1.54, 1.807) is 22.9 Å². The highest BCUT2D eigenvalue weighted by Gasteiger charge is 2.16. The molecule has 1 amide bonds. The van der Waals surface area contributed by atoms with E-state index in [9.17, 15) is 9.18 Å². The number of thiazole rings is 1. The number of hydrogen-bond donors (Lipinski definition) is 1. The summed E-state index contributed by atoms with van der Waals surface area (Å²) in [7, 11) is 0. The molecule has 0 unspecified atom stereocenters. The lowest BCUT2D eigenvalue weighted by Crippen LogP contribution is -2.15. The molecule has 8 heteroatoms. The van der Waals surface area contributed by atoms with Crippen molar-refractivity contribution >= 4 is 34.7 Å². The third-order valence-electron chi connectivity index (χ3n) is 3.98. The summed E-state index contributed by atoms with van der Waals surface area (Å²) in [6.45, 7) is 0. The Hall–Kier alpha value is -3.03. The topological polar surface area (TPSA) is 59.8 Å². The van der Waals surface area contributed by atoms with Crippen molar-refractivity contribution in [3.05, 3.63) is 71.9 Å². The van der Waals surface area contributed by atoms with Crippen molar-refractivity contribution in [1.82, 2.24) is 14.8 Å². The van der Waals surface area contributed by atoms with Crippen LogP contribution in [0.2, 0.25) is 0 Å². The first-order valence-corrected chi connectivity index (χ1v) is 9.78. The maximum Gasteiger partial charge on any atom is 0.240 e. The van der Waals surface area contributed by atoms with Crippen molar-refractivity contribution in [2.75, 3.05) is 11.2 Å². The van der Waals surface area contributed by atoms with Gasteiger partial charge < -0.3 is 5.32 Å². The van der Waals surface area contributed by atoms with Crippen LogP contribution in [0, 0.1) is 5.82 Å². The van der Waals surface area contributed by atoms with Gasteiger partial charge in [-0.25, -0.2) is 9.37 Å². The fourth-order valence-corrected chi connectivity index (χ4v) is 3.52. The molecule has 4 rings (SSSR count). The van der Waals surface area contributed by atoms with Gasteiger partial charge in [0.15, 0.2) is 0 Å². The van der Waals surface area contributed by atoms with Crippen molar-refractivity contribution in [3.63, 3.8) is 0 Å². The number of nitrogens with one attached hydrogen (secondary N) is 1. The van der Waals surface area contributed by atoms with E-state index in [1.807, 2.05) is 35.7 Å². The lowest BCUT2D eigenvalue weighted by Gasteiger charge is -2.04. The summed E-state index contributed by atoms with van der Waals surface area (Å²) in [6, 6.07) is 17.5. The van der Waals surface area contributed by atoms with Crippen LogP contribution in [0.5, 0.6) is 0 Å². The van der Waals surface area contributed by atoms with Crippen LogP contribution in [0.4, 0.5) is 10.2 Å². The Labute approximate surface area is 169 Å². The summed E-state index contributed by atoms with van der Waals surface area (Å²) in [5, 5.41) is 9.79. The Balaban J connectivity index is 1.74. The monoisotopic (exact) mass is 412 g/mol. The second-order valence-corrected chi connectivity index (χ2v) is 7.00. The lowest BCUT2D eigenvalue weighted by molar-refractivity contribution is -0.114. The Morgan fingerprint density at radius 2 is 1.79 bits per heavy atom. The van der Waals surface area contributed by atoms with Crippen LogP contribution in [0.25, 0.3) is 27.6 Å². The van der Waals surface area contributed by atoms with Gasteiger partial charge in [-0.1, -0.05) is 30.3 Å². The molecule has 0 saturated carbocycles. The zero-order valence-electron chi connectivity index (χ0n) is 14.5. The molecule has 5 nitrogen and oxygen atoms in total. The van der Waals surface area contributed by atoms with E-state index in [0.29, 0.717) is 22.3 Å². The molecule has 28 heavy (non-hydrogen) atoms. The molecule has 2 heterocycles. The number of carbonyl (C=O) groups is 1. The van der Waals surface area contributed by atoms with Gasteiger partial charge in [0.1, 0.15) is 17.5 Å². The van der Waals surface area contributed by atoms with Gasteiger partial charge in [-0.05, 0) is 24.3 Å². The van der Waals surface area contributed by atoms with Crippen LogP contribution in [-0.2, 0) is 4.79 Å². The Morgan fingerprint density at radius 3 is 2.50 bits per heavy atom. The number of amides is 1. The number of halogens is 2. The highest BCUT2D eigenvalue weighted by Crippen LogP contribution is 2.29. The van der Waals surface area contributed by atoms with Gasteiger partial charge in [0.2, 0.25) is 11.0 Å². The molecule has 2 aromatic carbocycles. The smallest absolute Gasteiger partial charge is 0.240 e. The van der Waals surface area contributed by atoms with Gasteiger partial charge in [0.05, 0.1) is 11.4 Å². The molecule has 2 aromatic heterocycles. The first-order chi connectivity index (χ1) is 13.6. The normalized spacial score (nSPS) is 10.8. The summed E-state index contributed by atoms with van der Waals surface area (Å²) in [5.41, 5.74) is 3.11. The van der Waals surface area contributed by atoms with Gasteiger partial charge in [0.25, 0.3) is 0 Å². The Morgan fingerprint density at radius 1 is 1.07 bits per heavy atom. The molecule has 0 aliphatic carbocycles. The van der Waals surface area contributed by atoms with E-state index in [2.05, 4.69) is 15.4 Å². The maximum absolute atomic E-state index is 13.2. The molecule has 140 valence electrons. The highest BCUT2D eigenvalue weighted by atomic mass is 35.5. The second kappa shape index (κ2) is 7.92. The molecule has 0 aliphatic heterocycles. The van der Waals surface area contributed by atoms with E-state index in [0.717, 1.165) is 11.1 Å². The van der Waals surface area contributed by atoms with Crippen LogP contribution >= 0.6 is 22.9 Å². The minimum Gasteiger partial charge on any atom is -0.309 e. The molecule has 0 fully saturated rings. The first-order valence-electron chi connectivity index (χ1n) is 8.37. The van der Waals surface area contributed by atoms with Crippen LogP contribution < -0.4 is 5.32 Å². The fraction of sp³-hybridized carbons (Fsp3) is 0.0500. The van der Waals surface area contributed by atoms with Gasteiger partial charge in [0, 0.05) is 22.6 Å². The quantitative estimate of drug-likeness (QED) is 0.470. The van der Waals surface area contributed by atoms with Crippen LogP contribution in [0.15, 0.2) is 66.0 Å². The zero-order chi connectivity index (χ0) is 19.5. The van der Waals surface area contributed by atoms with E-state index in [1.165, 1.54) is 23.5 Å². The van der Waals surface area contributed by atoms with Gasteiger partial charge in [-0.15, -0.1) is 22.9 Å². The summed E-state index contributed by atoms with van der Waals surface area (Å²) < 4.78 is 14.7. The minimum absolute atomic E-state index is 0.162. The van der Waals surface area contributed by atoms with Crippen molar-refractivity contribution < 1.29 is 9.18 Å². The van der Waals surface area contributed by atoms with Crippen molar-refractivity contribution in [1.29, 1.82) is 0 Å². The number of hydrogen-bond acceptors (Lipinski definition) is 4. The molecule has 0 bridgehead atoms. The SMILES string of the molecule is O=C(CCl)Nc1cc(-c2ccccc2)nn1-c1nc(-c2ccc(F)cc2)cs1. The number of nitrogens with zero attached hydrogens (tertiary/aromatic N) is 3. The molecule has 0 aliphatic rings. The standard InChI is InChI=1S/C20H14ClFN4OS/c21-11-19(27)24-18-10-16(13-4-2-1-3-5-13)25-26(18)20-23-17(12-28-20)14-6-8-15(22)9-7-14/h1-10,12H,11H2,(H,24,27). The summed E-state index contributed by atoms with van der Waals surface area (Å²) in [4.78, 5) is 16.4.